The molecule has 0 spiro atoms. The van der Waals surface area contributed by atoms with E-state index in [0.717, 1.165) is 0 Å². The molecular formula is C12H16N2O2S. The topological polar surface area (TPSA) is 72.2 Å². The van der Waals surface area contributed by atoms with Crippen molar-refractivity contribution in [1.29, 1.82) is 0 Å². The second-order valence-electron chi connectivity index (χ2n) is 3.78. The lowest BCUT2D eigenvalue weighted by Gasteiger charge is -2.10. The van der Waals surface area contributed by atoms with Gasteiger partial charge in [-0.05, 0) is 26.0 Å². The third kappa shape index (κ3) is 3.86. The maximum atomic E-state index is 12.0. The Balaban J connectivity index is 3.22. The summed E-state index contributed by atoms with van der Waals surface area (Å²) in [6.45, 7) is 3.74. The van der Waals surface area contributed by atoms with Gasteiger partial charge in [0.2, 0.25) is 10.0 Å². The summed E-state index contributed by atoms with van der Waals surface area (Å²) in [5.74, 6) is 5.41. The van der Waals surface area contributed by atoms with Crippen molar-refractivity contribution in [3.63, 3.8) is 0 Å². The van der Waals surface area contributed by atoms with E-state index in [1.165, 1.54) is 6.07 Å². The monoisotopic (exact) mass is 252 g/mol. The van der Waals surface area contributed by atoms with Crippen molar-refractivity contribution in [3.8, 4) is 11.8 Å². The summed E-state index contributed by atoms with van der Waals surface area (Å²) >= 11 is 0. The maximum Gasteiger partial charge on any atom is 0.242 e. The van der Waals surface area contributed by atoms with Crippen LogP contribution in [0.4, 0.5) is 0 Å². The summed E-state index contributed by atoms with van der Waals surface area (Å²) in [7, 11) is -3.51. The van der Waals surface area contributed by atoms with Gasteiger partial charge in [0.1, 0.15) is 0 Å². The molecule has 1 aromatic carbocycles. The van der Waals surface area contributed by atoms with E-state index in [-0.39, 0.29) is 17.5 Å². The highest BCUT2D eigenvalue weighted by molar-refractivity contribution is 7.89. The minimum atomic E-state index is -3.51. The van der Waals surface area contributed by atoms with Gasteiger partial charge in [-0.3, -0.25) is 0 Å². The molecule has 92 valence electrons. The molecule has 17 heavy (non-hydrogen) atoms. The number of hydrogen-bond acceptors (Lipinski definition) is 3. The molecule has 0 aromatic heterocycles. The van der Waals surface area contributed by atoms with Crippen molar-refractivity contribution < 1.29 is 8.42 Å². The van der Waals surface area contributed by atoms with Crippen molar-refractivity contribution in [3.05, 3.63) is 29.8 Å². The summed E-state index contributed by atoms with van der Waals surface area (Å²) < 4.78 is 26.6. The summed E-state index contributed by atoms with van der Waals surface area (Å²) in [6, 6.07) is 6.45. The van der Waals surface area contributed by atoms with Crippen LogP contribution < -0.4 is 10.5 Å². The number of nitrogens with one attached hydrogen (secondary N) is 1. The Bertz CT molecular complexity index is 539. The third-order valence-electron chi connectivity index (χ3n) is 1.89. The van der Waals surface area contributed by atoms with Gasteiger partial charge in [0.15, 0.2) is 0 Å². The Labute approximate surface area is 102 Å². The highest BCUT2D eigenvalue weighted by Gasteiger charge is 2.17. The van der Waals surface area contributed by atoms with Gasteiger partial charge in [-0.25, -0.2) is 13.1 Å². The second kappa shape index (κ2) is 5.82. The zero-order chi connectivity index (χ0) is 12.9. The minimum Gasteiger partial charge on any atom is -0.320 e. The van der Waals surface area contributed by atoms with Gasteiger partial charge in [-0.15, -0.1) is 0 Å². The molecule has 0 unspecified atom stereocenters. The van der Waals surface area contributed by atoms with E-state index in [4.69, 9.17) is 5.73 Å². The highest BCUT2D eigenvalue weighted by Crippen LogP contribution is 2.14. The Hall–Kier alpha value is -1.35. The summed E-state index contributed by atoms with van der Waals surface area (Å²) in [6.07, 6.45) is 0. The van der Waals surface area contributed by atoms with Crippen LogP contribution in [0.3, 0.4) is 0 Å². The molecule has 0 fully saturated rings. The average molecular weight is 252 g/mol. The fraction of sp³-hybridized carbons (Fsp3) is 0.333. The van der Waals surface area contributed by atoms with Crippen LogP contribution in [0.25, 0.3) is 0 Å². The molecule has 0 atom stereocenters. The van der Waals surface area contributed by atoms with Crippen molar-refractivity contribution in [1.82, 2.24) is 4.72 Å². The van der Waals surface area contributed by atoms with Gasteiger partial charge in [0.05, 0.1) is 11.4 Å². The van der Waals surface area contributed by atoms with Crippen LogP contribution in [0.2, 0.25) is 0 Å². The van der Waals surface area contributed by atoms with Crippen molar-refractivity contribution >= 4 is 10.0 Å². The van der Waals surface area contributed by atoms with Gasteiger partial charge in [0.25, 0.3) is 0 Å². The van der Waals surface area contributed by atoms with Crippen molar-refractivity contribution in [2.45, 2.75) is 24.8 Å². The van der Waals surface area contributed by atoms with E-state index in [0.29, 0.717) is 5.56 Å². The smallest absolute Gasteiger partial charge is 0.242 e. The number of nitrogens with two attached hydrogens (primary N) is 1. The molecule has 0 aliphatic rings. The van der Waals surface area contributed by atoms with E-state index in [1.807, 2.05) is 0 Å². The normalized spacial score (nSPS) is 11.1. The SMILES string of the molecule is CC(C)NS(=O)(=O)c1ccccc1C#CCN. The molecule has 0 saturated heterocycles. The Kier molecular flexibility index (Phi) is 4.70. The quantitative estimate of drug-likeness (QED) is 0.777. The molecule has 1 aromatic rings. The molecule has 3 N–H and O–H groups in total. The molecule has 0 aliphatic heterocycles. The first kappa shape index (κ1) is 13.7. The first-order valence-electron chi connectivity index (χ1n) is 5.27. The molecular weight excluding hydrogens is 236 g/mol. The minimum absolute atomic E-state index is 0.157. The molecule has 5 heteroatoms. The lowest BCUT2D eigenvalue weighted by atomic mass is 10.2. The molecule has 4 nitrogen and oxygen atoms in total. The van der Waals surface area contributed by atoms with Crippen LogP contribution in [-0.2, 0) is 10.0 Å². The fourth-order valence-corrected chi connectivity index (χ4v) is 2.74. The van der Waals surface area contributed by atoms with Gasteiger partial charge >= 0.3 is 0 Å². The third-order valence-corrected chi connectivity index (χ3v) is 3.61. The average Bonchev–Trinajstić information content (AvgIpc) is 2.25. The number of hydrogen-bond donors (Lipinski definition) is 2. The summed E-state index contributed by atoms with van der Waals surface area (Å²) in [5.41, 5.74) is 5.74. The van der Waals surface area contributed by atoms with Gasteiger partial charge < -0.3 is 5.73 Å². The van der Waals surface area contributed by atoms with Gasteiger partial charge in [-0.2, -0.15) is 0 Å². The van der Waals surface area contributed by atoms with Crippen molar-refractivity contribution in [2.75, 3.05) is 6.54 Å². The number of sulfonamides is 1. The predicted octanol–water partition coefficient (Wildman–Crippen LogP) is 0.684. The Morgan fingerprint density at radius 1 is 1.35 bits per heavy atom. The van der Waals surface area contributed by atoms with Crippen molar-refractivity contribution in [2.24, 2.45) is 5.73 Å². The molecule has 0 radical (unpaired) electrons. The van der Waals surface area contributed by atoms with E-state index in [2.05, 4.69) is 16.6 Å². The largest absolute Gasteiger partial charge is 0.320 e. The summed E-state index contributed by atoms with van der Waals surface area (Å²) in [5, 5.41) is 0. The standard InChI is InChI=1S/C12H16N2O2S/c1-10(2)14-17(15,16)12-8-4-3-6-11(12)7-5-9-13/h3-4,6,8,10,14H,9,13H2,1-2H3. The molecule has 0 amide bonds. The van der Waals surface area contributed by atoms with Crippen LogP contribution in [0.1, 0.15) is 19.4 Å². The van der Waals surface area contributed by atoms with Crippen LogP contribution in [0.15, 0.2) is 29.2 Å². The Morgan fingerprint density at radius 3 is 2.59 bits per heavy atom. The zero-order valence-corrected chi connectivity index (χ0v) is 10.7. The second-order valence-corrected chi connectivity index (χ2v) is 5.46. The zero-order valence-electron chi connectivity index (χ0n) is 9.90. The first-order valence-corrected chi connectivity index (χ1v) is 6.76. The van der Waals surface area contributed by atoms with Crippen LogP contribution in [0, 0.1) is 11.8 Å². The molecule has 0 aliphatic carbocycles. The fourth-order valence-electron chi connectivity index (χ4n) is 1.32. The maximum absolute atomic E-state index is 12.0. The van der Waals surface area contributed by atoms with Crippen LogP contribution in [0.5, 0.6) is 0 Å². The first-order chi connectivity index (χ1) is 7.97. The van der Waals surface area contributed by atoms with E-state index in [1.54, 1.807) is 32.0 Å². The van der Waals surface area contributed by atoms with E-state index in [9.17, 15) is 8.42 Å². The lowest BCUT2D eigenvalue weighted by Crippen LogP contribution is -2.30. The van der Waals surface area contributed by atoms with Crippen LogP contribution in [-0.4, -0.2) is 21.0 Å². The number of rotatable bonds is 3. The van der Waals surface area contributed by atoms with E-state index >= 15 is 0 Å². The van der Waals surface area contributed by atoms with Gasteiger partial charge in [0, 0.05) is 11.6 Å². The van der Waals surface area contributed by atoms with Gasteiger partial charge in [-0.1, -0.05) is 24.0 Å². The summed E-state index contributed by atoms with van der Waals surface area (Å²) in [4.78, 5) is 0.189. The predicted molar refractivity (Wildman–Crippen MR) is 67.8 cm³/mol. The molecule has 0 bridgehead atoms. The van der Waals surface area contributed by atoms with E-state index < -0.39 is 10.0 Å². The van der Waals surface area contributed by atoms with Crippen LogP contribution >= 0.6 is 0 Å². The molecule has 1 rings (SSSR count). The lowest BCUT2D eigenvalue weighted by molar-refractivity contribution is 0.569. The molecule has 0 heterocycles. The Morgan fingerprint density at radius 2 is 2.00 bits per heavy atom. The molecule has 0 saturated carbocycles. The highest BCUT2D eigenvalue weighted by atomic mass is 32.2. The number of benzene rings is 1.